The van der Waals surface area contributed by atoms with Gasteiger partial charge in [0.05, 0.1) is 5.41 Å². The van der Waals surface area contributed by atoms with Crippen LogP contribution in [0.25, 0.3) is 0 Å². The highest BCUT2D eigenvalue weighted by atomic mass is 35.5. The van der Waals surface area contributed by atoms with E-state index in [1.165, 1.54) is 0 Å². The Hall–Kier alpha value is -1.23. The summed E-state index contributed by atoms with van der Waals surface area (Å²) >= 11 is 5.28. The van der Waals surface area contributed by atoms with Crippen LogP contribution in [-0.2, 0) is 10.2 Å². The molecule has 0 amide bonds. The molecule has 0 aromatic heterocycles. The van der Waals surface area contributed by atoms with Gasteiger partial charge in [0.1, 0.15) is 10.8 Å². The molecule has 6 heteroatoms. The number of aliphatic carboxylic acids is 1. The van der Waals surface area contributed by atoms with Crippen molar-refractivity contribution in [1.29, 1.82) is 0 Å². The van der Waals surface area contributed by atoms with E-state index in [4.69, 9.17) is 11.6 Å². The number of hydrogen-bond donors (Lipinski definition) is 1. The van der Waals surface area contributed by atoms with E-state index in [0.29, 0.717) is 18.9 Å². The molecular formula is C13H12ClF3O2. The molecular weight excluding hydrogens is 281 g/mol. The SMILES string of the molecule is O=C(O)C1(c2cc(F)c(Cl)c(F)c2F)CCCCC1. The lowest BCUT2D eigenvalue weighted by molar-refractivity contribution is -0.145. The van der Waals surface area contributed by atoms with E-state index in [0.717, 1.165) is 6.42 Å². The maximum Gasteiger partial charge on any atom is 0.314 e. The second kappa shape index (κ2) is 5.04. The lowest BCUT2D eigenvalue weighted by Gasteiger charge is -2.34. The normalized spacial score (nSPS) is 18.3. The van der Waals surface area contributed by atoms with Gasteiger partial charge in [-0.2, -0.15) is 0 Å². The number of carboxylic acids is 1. The standard InChI is InChI=1S/C13H12ClF3O2/c14-9-8(15)6-7(10(16)11(9)17)13(12(18)19)4-2-1-3-5-13/h6H,1-5H2,(H,18,19). The van der Waals surface area contributed by atoms with Gasteiger partial charge in [-0.15, -0.1) is 0 Å². The third-order valence-electron chi connectivity index (χ3n) is 3.73. The van der Waals surface area contributed by atoms with Crippen molar-refractivity contribution in [1.82, 2.24) is 0 Å². The molecule has 1 aromatic rings. The highest BCUT2D eigenvalue weighted by molar-refractivity contribution is 6.30. The van der Waals surface area contributed by atoms with E-state index >= 15 is 0 Å². The van der Waals surface area contributed by atoms with Gasteiger partial charge in [0.25, 0.3) is 0 Å². The summed E-state index contributed by atoms with van der Waals surface area (Å²) in [5, 5.41) is 8.43. The summed E-state index contributed by atoms with van der Waals surface area (Å²) in [5.74, 6) is -5.28. The molecule has 0 unspecified atom stereocenters. The first-order valence-corrected chi connectivity index (χ1v) is 6.35. The summed E-state index contributed by atoms with van der Waals surface area (Å²) in [6.45, 7) is 0. The molecule has 0 radical (unpaired) electrons. The molecule has 1 aromatic carbocycles. The molecule has 2 nitrogen and oxygen atoms in total. The first-order valence-electron chi connectivity index (χ1n) is 5.97. The van der Waals surface area contributed by atoms with Gasteiger partial charge >= 0.3 is 5.97 Å². The Morgan fingerprint density at radius 3 is 2.26 bits per heavy atom. The van der Waals surface area contributed by atoms with Gasteiger partial charge in [-0.1, -0.05) is 30.9 Å². The maximum absolute atomic E-state index is 13.9. The van der Waals surface area contributed by atoms with Crippen LogP contribution in [-0.4, -0.2) is 11.1 Å². The molecule has 0 bridgehead atoms. The Bertz CT molecular complexity index is 525. The summed E-state index contributed by atoms with van der Waals surface area (Å²) in [7, 11) is 0. The fourth-order valence-electron chi connectivity index (χ4n) is 2.67. The molecule has 1 aliphatic rings. The molecule has 1 aliphatic carbocycles. The molecule has 0 aliphatic heterocycles. The summed E-state index contributed by atoms with van der Waals surface area (Å²) in [6.07, 6.45) is 2.32. The highest BCUT2D eigenvalue weighted by Crippen LogP contribution is 2.42. The van der Waals surface area contributed by atoms with E-state index in [-0.39, 0.29) is 12.8 Å². The lowest BCUT2D eigenvalue weighted by Crippen LogP contribution is -2.39. The van der Waals surface area contributed by atoms with Crippen LogP contribution in [0.2, 0.25) is 5.02 Å². The number of benzene rings is 1. The topological polar surface area (TPSA) is 37.3 Å². The Morgan fingerprint density at radius 1 is 1.16 bits per heavy atom. The summed E-state index contributed by atoms with van der Waals surface area (Å²) in [6, 6.07) is 0.709. The molecule has 19 heavy (non-hydrogen) atoms. The van der Waals surface area contributed by atoms with E-state index in [9.17, 15) is 23.1 Å². The average Bonchev–Trinajstić information content (AvgIpc) is 2.41. The molecule has 0 saturated heterocycles. The minimum Gasteiger partial charge on any atom is -0.481 e. The fraction of sp³-hybridized carbons (Fsp3) is 0.462. The number of rotatable bonds is 2. The third kappa shape index (κ3) is 2.20. The summed E-state index contributed by atoms with van der Waals surface area (Å²) < 4.78 is 40.9. The molecule has 0 spiro atoms. The van der Waals surface area contributed by atoms with E-state index in [1.54, 1.807) is 0 Å². The van der Waals surface area contributed by atoms with Crippen LogP contribution >= 0.6 is 11.6 Å². The van der Waals surface area contributed by atoms with E-state index < -0.39 is 39.4 Å². The Balaban J connectivity index is 2.64. The fourth-order valence-corrected chi connectivity index (χ4v) is 2.81. The maximum atomic E-state index is 13.9. The quantitative estimate of drug-likeness (QED) is 0.660. The number of carboxylic acid groups (broad SMARTS) is 1. The second-order valence-corrected chi connectivity index (χ2v) is 5.17. The molecule has 1 N–H and O–H groups in total. The predicted octanol–water partition coefficient (Wildman–Crippen LogP) is 4.04. The van der Waals surface area contributed by atoms with Crippen molar-refractivity contribution in [3.63, 3.8) is 0 Å². The molecule has 2 rings (SSSR count). The predicted molar refractivity (Wildman–Crippen MR) is 63.7 cm³/mol. The Labute approximate surface area is 113 Å². The zero-order chi connectivity index (χ0) is 14.2. The number of halogens is 4. The van der Waals surface area contributed by atoms with Gasteiger partial charge < -0.3 is 5.11 Å². The molecule has 1 fully saturated rings. The minimum atomic E-state index is -1.56. The smallest absolute Gasteiger partial charge is 0.314 e. The van der Waals surface area contributed by atoms with Crippen LogP contribution in [0.15, 0.2) is 6.07 Å². The third-order valence-corrected chi connectivity index (χ3v) is 4.08. The van der Waals surface area contributed by atoms with Crippen LogP contribution in [0.4, 0.5) is 13.2 Å². The van der Waals surface area contributed by atoms with Gasteiger partial charge in [-0.05, 0) is 18.9 Å². The van der Waals surface area contributed by atoms with Gasteiger partial charge in [0.15, 0.2) is 11.6 Å². The van der Waals surface area contributed by atoms with Crippen molar-refractivity contribution in [3.8, 4) is 0 Å². The zero-order valence-corrected chi connectivity index (χ0v) is 10.7. The van der Waals surface area contributed by atoms with Crippen LogP contribution in [0.1, 0.15) is 37.7 Å². The molecule has 0 atom stereocenters. The van der Waals surface area contributed by atoms with Gasteiger partial charge in [-0.3, -0.25) is 4.79 Å². The summed E-state index contributed by atoms with van der Waals surface area (Å²) in [4.78, 5) is 11.5. The van der Waals surface area contributed by atoms with E-state index in [2.05, 4.69) is 0 Å². The van der Waals surface area contributed by atoms with Gasteiger partial charge in [0, 0.05) is 5.56 Å². The first-order chi connectivity index (χ1) is 8.90. The van der Waals surface area contributed by atoms with Crippen molar-refractivity contribution >= 4 is 17.6 Å². The second-order valence-electron chi connectivity index (χ2n) is 4.80. The molecule has 0 heterocycles. The van der Waals surface area contributed by atoms with Crippen LogP contribution in [0.3, 0.4) is 0 Å². The summed E-state index contributed by atoms with van der Waals surface area (Å²) in [5.41, 5.74) is -2.01. The molecule has 104 valence electrons. The molecule has 1 saturated carbocycles. The van der Waals surface area contributed by atoms with Crippen molar-refractivity contribution in [2.75, 3.05) is 0 Å². The van der Waals surface area contributed by atoms with E-state index in [1.807, 2.05) is 0 Å². The average molecular weight is 293 g/mol. The van der Waals surface area contributed by atoms with Crippen molar-refractivity contribution in [2.45, 2.75) is 37.5 Å². The highest BCUT2D eigenvalue weighted by Gasteiger charge is 2.44. The van der Waals surface area contributed by atoms with Gasteiger partial charge in [-0.25, -0.2) is 13.2 Å². The van der Waals surface area contributed by atoms with Crippen molar-refractivity contribution < 1.29 is 23.1 Å². The lowest BCUT2D eigenvalue weighted by atomic mass is 9.69. The Kier molecular flexibility index (Phi) is 3.76. The monoisotopic (exact) mass is 292 g/mol. The number of carbonyl (C=O) groups is 1. The largest absolute Gasteiger partial charge is 0.481 e. The van der Waals surface area contributed by atoms with Crippen LogP contribution in [0.5, 0.6) is 0 Å². The van der Waals surface area contributed by atoms with Gasteiger partial charge in [0.2, 0.25) is 0 Å². The zero-order valence-electron chi connectivity index (χ0n) is 9.98. The van der Waals surface area contributed by atoms with Crippen molar-refractivity contribution in [3.05, 3.63) is 34.1 Å². The van der Waals surface area contributed by atoms with Crippen LogP contribution in [0, 0.1) is 17.5 Å². The van der Waals surface area contributed by atoms with Crippen LogP contribution < -0.4 is 0 Å². The number of hydrogen-bond acceptors (Lipinski definition) is 1. The minimum absolute atomic E-state index is 0.166. The Morgan fingerprint density at radius 2 is 1.74 bits per heavy atom. The first kappa shape index (κ1) is 14.2. The van der Waals surface area contributed by atoms with Crippen molar-refractivity contribution in [2.24, 2.45) is 0 Å².